The molecule has 0 radical (unpaired) electrons. The van der Waals surface area contributed by atoms with Crippen molar-refractivity contribution in [2.45, 2.75) is 25.4 Å². The first-order valence-electron chi connectivity index (χ1n) is 10.5. The number of carbonyl (C=O) groups excluding carboxylic acids is 3. The molecule has 0 spiro atoms. The number of carbonyl (C=O) groups is 3. The van der Waals surface area contributed by atoms with Crippen LogP contribution in [0.15, 0.2) is 18.2 Å². The number of nitrogens with zero attached hydrogens (tertiary/aromatic N) is 3. The normalized spacial score (nSPS) is 25.8. The second-order valence-electron chi connectivity index (χ2n) is 8.55. The summed E-state index contributed by atoms with van der Waals surface area (Å²) in [5.74, 6) is 0.0663. The number of amides is 3. The summed E-state index contributed by atoms with van der Waals surface area (Å²) in [6, 6.07) is 5.46. The van der Waals surface area contributed by atoms with E-state index in [1.165, 1.54) is 6.54 Å². The van der Waals surface area contributed by atoms with Crippen molar-refractivity contribution in [2.24, 2.45) is 5.92 Å². The Hall–Kier alpha value is -2.45. The van der Waals surface area contributed by atoms with Crippen LogP contribution in [0.3, 0.4) is 0 Å². The molecular formula is C21H27N5O3. The lowest BCUT2D eigenvalue weighted by atomic mass is 10.0. The van der Waals surface area contributed by atoms with Gasteiger partial charge in [-0.25, -0.2) is 0 Å². The molecule has 0 saturated carbocycles. The van der Waals surface area contributed by atoms with Crippen molar-refractivity contribution in [3.05, 3.63) is 29.3 Å². The lowest BCUT2D eigenvalue weighted by Crippen LogP contribution is -2.53. The predicted molar refractivity (Wildman–Crippen MR) is 107 cm³/mol. The van der Waals surface area contributed by atoms with Gasteiger partial charge in [-0.2, -0.15) is 0 Å². The van der Waals surface area contributed by atoms with E-state index in [1.54, 1.807) is 4.90 Å². The topological polar surface area (TPSA) is 85.0 Å². The van der Waals surface area contributed by atoms with Crippen molar-refractivity contribution < 1.29 is 14.4 Å². The van der Waals surface area contributed by atoms with E-state index in [4.69, 9.17) is 0 Å². The molecule has 1 atom stereocenters. The van der Waals surface area contributed by atoms with E-state index in [0.29, 0.717) is 18.5 Å². The number of anilines is 1. The van der Waals surface area contributed by atoms with E-state index in [1.807, 2.05) is 12.1 Å². The maximum atomic E-state index is 12.8. The van der Waals surface area contributed by atoms with E-state index < -0.39 is 6.04 Å². The summed E-state index contributed by atoms with van der Waals surface area (Å²) in [5.41, 5.74) is 2.79. The minimum atomic E-state index is -0.555. The van der Waals surface area contributed by atoms with Crippen molar-refractivity contribution in [3.63, 3.8) is 0 Å². The molecule has 29 heavy (non-hydrogen) atoms. The Bertz CT molecular complexity index is 845. The average Bonchev–Trinajstić information content (AvgIpc) is 3.01. The van der Waals surface area contributed by atoms with Gasteiger partial charge in [-0.05, 0) is 36.1 Å². The van der Waals surface area contributed by atoms with E-state index in [9.17, 15) is 14.4 Å². The summed E-state index contributed by atoms with van der Waals surface area (Å²) >= 11 is 0. The lowest BCUT2D eigenvalue weighted by Gasteiger charge is -2.39. The Morgan fingerprint density at radius 1 is 1.03 bits per heavy atom. The highest BCUT2D eigenvalue weighted by Crippen LogP contribution is 2.31. The van der Waals surface area contributed by atoms with Gasteiger partial charge in [-0.3, -0.25) is 24.6 Å². The van der Waals surface area contributed by atoms with Gasteiger partial charge in [0.2, 0.25) is 11.8 Å². The fourth-order valence-corrected chi connectivity index (χ4v) is 4.79. The number of hydrogen-bond acceptors (Lipinski definition) is 6. The molecule has 1 aromatic rings. The minimum Gasteiger partial charge on any atom is -0.369 e. The van der Waals surface area contributed by atoms with Crippen molar-refractivity contribution in [3.8, 4) is 0 Å². The highest BCUT2D eigenvalue weighted by molar-refractivity contribution is 6.05. The van der Waals surface area contributed by atoms with Crippen molar-refractivity contribution in [2.75, 3.05) is 50.7 Å². The van der Waals surface area contributed by atoms with Crippen LogP contribution in [0.5, 0.6) is 0 Å². The number of benzene rings is 1. The zero-order valence-corrected chi connectivity index (χ0v) is 16.5. The van der Waals surface area contributed by atoms with Crippen LogP contribution in [-0.4, -0.2) is 79.4 Å². The van der Waals surface area contributed by atoms with Crippen LogP contribution >= 0.6 is 0 Å². The van der Waals surface area contributed by atoms with Crippen LogP contribution in [-0.2, 0) is 16.1 Å². The number of nitrogens with one attached hydrogen (secondary N) is 2. The Morgan fingerprint density at radius 3 is 2.52 bits per heavy atom. The Labute approximate surface area is 170 Å². The molecule has 8 nitrogen and oxygen atoms in total. The molecule has 4 aliphatic heterocycles. The fraction of sp³-hybridized carbons (Fsp3) is 0.571. The SMILES string of the molecule is O=C1CC[C@H](N2Cc3cc(N4CCN(CC5CNC5)CC4)ccc3C2=O)C(=O)N1. The Kier molecular flexibility index (Phi) is 4.75. The van der Waals surface area contributed by atoms with Gasteiger partial charge in [-0.1, -0.05) is 0 Å². The number of hydrogen-bond donors (Lipinski definition) is 2. The quantitative estimate of drug-likeness (QED) is 0.684. The molecule has 3 saturated heterocycles. The first-order chi connectivity index (χ1) is 14.1. The third kappa shape index (κ3) is 3.51. The predicted octanol–water partition coefficient (Wildman–Crippen LogP) is -0.211. The molecule has 3 amide bonds. The molecule has 3 fully saturated rings. The highest BCUT2D eigenvalue weighted by atomic mass is 16.2. The van der Waals surface area contributed by atoms with E-state index in [-0.39, 0.29) is 24.1 Å². The summed E-state index contributed by atoms with van der Waals surface area (Å²) in [7, 11) is 0. The van der Waals surface area contributed by atoms with E-state index in [2.05, 4.69) is 26.5 Å². The van der Waals surface area contributed by atoms with Crippen LogP contribution in [0.4, 0.5) is 5.69 Å². The Morgan fingerprint density at radius 2 is 1.83 bits per heavy atom. The number of piperidine rings is 1. The first-order valence-corrected chi connectivity index (χ1v) is 10.5. The second-order valence-corrected chi connectivity index (χ2v) is 8.55. The van der Waals surface area contributed by atoms with Gasteiger partial charge < -0.3 is 15.1 Å². The summed E-state index contributed by atoms with van der Waals surface area (Å²) in [6.45, 7) is 8.01. The van der Waals surface area contributed by atoms with Gasteiger partial charge in [0.1, 0.15) is 6.04 Å². The number of imide groups is 1. The molecule has 0 unspecified atom stereocenters. The minimum absolute atomic E-state index is 0.111. The van der Waals surface area contributed by atoms with Gasteiger partial charge in [0, 0.05) is 70.0 Å². The number of fused-ring (bicyclic) bond motifs is 1. The molecule has 8 heteroatoms. The zero-order valence-electron chi connectivity index (χ0n) is 16.5. The maximum Gasteiger partial charge on any atom is 0.255 e. The zero-order chi connectivity index (χ0) is 20.0. The van der Waals surface area contributed by atoms with E-state index in [0.717, 1.165) is 56.4 Å². The summed E-state index contributed by atoms with van der Waals surface area (Å²) in [6.07, 6.45) is 0.679. The summed E-state index contributed by atoms with van der Waals surface area (Å²) in [5, 5.41) is 5.69. The molecule has 2 N–H and O–H groups in total. The van der Waals surface area contributed by atoms with Crippen LogP contribution in [0.25, 0.3) is 0 Å². The molecular weight excluding hydrogens is 370 g/mol. The smallest absolute Gasteiger partial charge is 0.255 e. The molecule has 0 bridgehead atoms. The first kappa shape index (κ1) is 18.6. The van der Waals surface area contributed by atoms with Gasteiger partial charge in [0.25, 0.3) is 5.91 Å². The molecule has 4 aliphatic rings. The fourth-order valence-electron chi connectivity index (χ4n) is 4.79. The maximum absolute atomic E-state index is 12.8. The van der Waals surface area contributed by atoms with Crippen LogP contribution < -0.4 is 15.5 Å². The van der Waals surface area contributed by atoms with Crippen molar-refractivity contribution in [1.29, 1.82) is 0 Å². The third-order valence-electron chi connectivity index (χ3n) is 6.63. The highest BCUT2D eigenvalue weighted by Gasteiger charge is 2.39. The molecule has 1 aromatic carbocycles. The van der Waals surface area contributed by atoms with Crippen LogP contribution in [0, 0.1) is 5.92 Å². The third-order valence-corrected chi connectivity index (χ3v) is 6.63. The largest absolute Gasteiger partial charge is 0.369 e. The standard InChI is InChI=1S/C21H27N5O3/c27-19-4-3-18(20(28)23-19)26-13-15-9-16(1-2-17(15)21(26)29)25-7-5-24(6-8-25)12-14-10-22-11-14/h1-2,9,14,18,22H,3-8,10-13H2,(H,23,27,28)/t18-/m0/s1. The number of piperazine rings is 1. The van der Waals surface area contributed by atoms with Gasteiger partial charge >= 0.3 is 0 Å². The van der Waals surface area contributed by atoms with Gasteiger partial charge in [0.15, 0.2) is 0 Å². The Balaban J connectivity index is 1.24. The average molecular weight is 397 g/mol. The summed E-state index contributed by atoms with van der Waals surface area (Å²) in [4.78, 5) is 43.0. The molecule has 0 aromatic heterocycles. The van der Waals surface area contributed by atoms with Crippen molar-refractivity contribution in [1.82, 2.24) is 20.4 Å². The molecule has 0 aliphatic carbocycles. The monoisotopic (exact) mass is 397 g/mol. The number of rotatable bonds is 4. The second kappa shape index (κ2) is 7.42. The van der Waals surface area contributed by atoms with Gasteiger partial charge in [-0.15, -0.1) is 0 Å². The molecule has 5 rings (SSSR count). The lowest BCUT2D eigenvalue weighted by molar-refractivity contribution is -0.136. The van der Waals surface area contributed by atoms with Gasteiger partial charge in [0.05, 0.1) is 0 Å². The molecule has 4 heterocycles. The molecule has 154 valence electrons. The van der Waals surface area contributed by atoms with E-state index >= 15 is 0 Å². The van der Waals surface area contributed by atoms with Crippen LogP contribution in [0.1, 0.15) is 28.8 Å². The summed E-state index contributed by atoms with van der Waals surface area (Å²) < 4.78 is 0. The van der Waals surface area contributed by atoms with Crippen LogP contribution in [0.2, 0.25) is 0 Å². The van der Waals surface area contributed by atoms with Crippen molar-refractivity contribution >= 4 is 23.4 Å².